The first-order chi connectivity index (χ1) is 23.5. The fourth-order valence-electron chi connectivity index (χ4n) is 5.66. The van der Waals surface area contributed by atoms with Gasteiger partial charge in [-0.1, -0.05) is 56.3 Å². The van der Waals surface area contributed by atoms with Crippen molar-refractivity contribution >= 4 is 29.5 Å². The fraction of sp³-hybridized carbons (Fsp3) is 0.471. The third kappa shape index (κ3) is 9.84. The summed E-state index contributed by atoms with van der Waals surface area (Å²) in [4.78, 5) is 67.2. The number of ether oxygens (including phenoxy) is 1. The summed E-state index contributed by atoms with van der Waals surface area (Å²) in [5.74, 6) is -1.70. The van der Waals surface area contributed by atoms with E-state index in [1.165, 1.54) is 17.9 Å². The average molecular weight is 674 g/mol. The standard InChI is InChI=1S/C34H43N9O6/c1-21(2)15-25-19-49-26-11-9-24(10-12-26)17-27(38-29(44)18-43-20-35-41-42-43)31(46)36-22(3)30(45)40-34(13-14-34)33(48)39-28(32(47)37-25)16-23-7-5-4-6-8-23/h4-12,20-22,25,27-28H,13-19H2,1-3H3,(H,36,46)(H,37,47)(H,38,44)(H,39,48)(H,40,45)/t22-,25+,27+,28-/m1/s1. The first-order valence-corrected chi connectivity index (χ1v) is 16.5. The minimum absolute atomic E-state index is 0.114. The van der Waals surface area contributed by atoms with Gasteiger partial charge in [0.2, 0.25) is 29.5 Å². The quantitative estimate of drug-likeness (QED) is 0.218. The summed E-state index contributed by atoms with van der Waals surface area (Å²) < 4.78 is 7.32. The van der Waals surface area contributed by atoms with Crippen molar-refractivity contribution in [2.45, 2.75) is 89.1 Å². The molecule has 15 nitrogen and oxygen atoms in total. The van der Waals surface area contributed by atoms with Gasteiger partial charge in [-0.3, -0.25) is 24.0 Å². The van der Waals surface area contributed by atoms with Crippen molar-refractivity contribution in [2.24, 2.45) is 5.92 Å². The number of aromatic nitrogens is 4. The highest BCUT2D eigenvalue weighted by Gasteiger charge is 2.52. The normalized spacial score (nSPS) is 23.1. The van der Waals surface area contributed by atoms with E-state index >= 15 is 0 Å². The summed E-state index contributed by atoms with van der Waals surface area (Å²) in [5, 5.41) is 24.9. The second-order valence-corrected chi connectivity index (χ2v) is 13.1. The third-order valence-corrected chi connectivity index (χ3v) is 8.47. The van der Waals surface area contributed by atoms with Crippen LogP contribution in [0.2, 0.25) is 0 Å². The number of benzene rings is 2. The highest BCUT2D eigenvalue weighted by molar-refractivity contribution is 5.99. The molecule has 1 spiro atoms. The van der Waals surface area contributed by atoms with Crippen LogP contribution in [-0.2, 0) is 43.4 Å². The number of fused-ring (bicyclic) bond motifs is 15. The van der Waals surface area contributed by atoms with Gasteiger partial charge in [0, 0.05) is 12.8 Å². The molecule has 1 saturated carbocycles. The highest BCUT2D eigenvalue weighted by atomic mass is 16.5. The number of hydrogen-bond acceptors (Lipinski definition) is 9. The van der Waals surface area contributed by atoms with Crippen molar-refractivity contribution in [2.75, 3.05) is 6.61 Å². The van der Waals surface area contributed by atoms with Gasteiger partial charge in [-0.05, 0) is 65.8 Å². The molecule has 2 aliphatic heterocycles. The number of carbonyl (C=O) groups is 5. The Morgan fingerprint density at radius 2 is 1.71 bits per heavy atom. The molecule has 49 heavy (non-hydrogen) atoms. The predicted octanol–water partition coefficient (Wildman–Crippen LogP) is 0.205. The van der Waals surface area contributed by atoms with Crippen molar-refractivity contribution < 1.29 is 28.7 Å². The van der Waals surface area contributed by atoms with Crippen LogP contribution in [0, 0.1) is 5.92 Å². The van der Waals surface area contributed by atoms with E-state index in [0.717, 1.165) is 11.1 Å². The van der Waals surface area contributed by atoms with E-state index in [0.29, 0.717) is 25.0 Å². The zero-order valence-corrected chi connectivity index (χ0v) is 27.8. The Kier molecular flexibility index (Phi) is 11.2. The second kappa shape index (κ2) is 15.7. The molecule has 15 heteroatoms. The SMILES string of the molecule is CC(C)C[C@H]1COc2ccc(cc2)C[C@H](NC(=O)Cn2cnnn2)C(=O)N[C@H](C)C(=O)NC2(CC2)C(=O)N[C@H](Cc2ccccc2)C(=O)N1. The van der Waals surface area contributed by atoms with Crippen LogP contribution in [0.25, 0.3) is 0 Å². The van der Waals surface area contributed by atoms with Gasteiger partial charge in [-0.15, -0.1) is 5.10 Å². The highest BCUT2D eigenvalue weighted by Crippen LogP contribution is 2.36. The number of nitrogens with zero attached hydrogens (tertiary/aromatic N) is 4. The Balaban J connectivity index is 1.40. The molecule has 0 radical (unpaired) electrons. The molecule has 3 aromatic rings. The molecular formula is C34H43N9O6. The van der Waals surface area contributed by atoms with E-state index in [-0.39, 0.29) is 43.9 Å². The minimum atomic E-state index is -1.22. The summed E-state index contributed by atoms with van der Waals surface area (Å²) in [5.41, 5.74) is 0.373. The lowest BCUT2D eigenvalue weighted by Gasteiger charge is -2.27. The number of carbonyl (C=O) groups excluding carboxylic acids is 5. The van der Waals surface area contributed by atoms with Gasteiger partial charge in [-0.25, -0.2) is 4.68 Å². The van der Waals surface area contributed by atoms with Crippen LogP contribution in [0.5, 0.6) is 5.75 Å². The summed E-state index contributed by atoms with van der Waals surface area (Å²) in [6.45, 7) is 5.58. The van der Waals surface area contributed by atoms with E-state index in [1.54, 1.807) is 24.3 Å². The molecule has 3 aliphatic rings. The number of tetrazole rings is 1. The van der Waals surface area contributed by atoms with E-state index in [9.17, 15) is 24.0 Å². The lowest BCUT2D eigenvalue weighted by atomic mass is 10.0. The Bertz CT molecular complexity index is 1610. The fourth-order valence-corrected chi connectivity index (χ4v) is 5.66. The van der Waals surface area contributed by atoms with Gasteiger partial charge in [-0.2, -0.15) is 0 Å². The molecule has 1 aromatic heterocycles. The smallest absolute Gasteiger partial charge is 0.246 e. The van der Waals surface area contributed by atoms with Crippen LogP contribution in [-0.4, -0.2) is 86.1 Å². The topological polar surface area (TPSA) is 198 Å². The van der Waals surface area contributed by atoms with Crippen molar-refractivity contribution in [1.82, 2.24) is 46.8 Å². The molecule has 4 atom stereocenters. The molecule has 1 fully saturated rings. The Morgan fingerprint density at radius 3 is 2.37 bits per heavy atom. The molecule has 1 aliphatic carbocycles. The van der Waals surface area contributed by atoms with Crippen molar-refractivity contribution in [3.8, 4) is 5.75 Å². The van der Waals surface area contributed by atoms with Crippen LogP contribution < -0.4 is 31.3 Å². The number of hydrogen-bond donors (Lipinski definition) is 5. The average Bonchev–Trinajstić information content (AvgIpc) is 3.67. The predicted molar refractivity (Wildman–Crippen MR) is 177 cm³/mol. The van der Waals surface area contributed by atoms with E-state index in [1.807, 2.05) is 30.3 Å². The number of amides is 5. The van der Waals surface area contributed by atoms with Gasteiger partial charge in [0.1, 0.15) is 48.9 Å². The minimum Gasteiger partial charge on any atom is -0.491 e. The van der Waals surface area contributed by atoms with Gasteiger partial charge in [0.25, 0.3) is 0 Å². The summed E-state index contributed by atoms with van der Waals surface area (Å²) in [6, 6.07) is 13.1. The molecule has 5 amide bonds. The van der Waals surface area contributed by atoms with Gasteiger partial charge >= 0.3 is 0 Å². The van der Waals surface area contributed by atoms with Crippen molar-refractivity contribution in [3.63, 3.8) is 0 Å². The summed E-state index contributed by atoms with van der Waals surface area (Å²) >= 11 is 0. The van der Waals surface area contributed by atoms with Crippen LogP contribution in [0.3, 0.4) is 0 Å². The Labute approximate surface area is 284 Å². The molecule has 6 rings (SSSR count). The largest absolute Gasteiger partial charge is 0.491 e. The second-order valence-electron chi connectivity index (χ2n) is 13.1. The van der Waals surface area contributed by atoms with Crippen LogP contribution in [0.4, 0.5) is 0 Å². The number of nitrogens with one attached hydrogen (secondary N) is 5. The van der Waals surface area contributed by atoms with Gasteiger partial charge < -0.3 is 31.3 Å². The van der Waals surface area contributed by atoms with Crippen molar-refractivity contribution in [1.29, 1.82) is 0 Å². The summed E-state index contributed by atoms with van der Waals surface area (Å²) in [6.07, 6.45) is 3.02. The van der Waals surface area contributed by atoms with Crippen LogP contribution >= 0.6 is 0 Å². The monoisotopic (exact) mass is 673 g/mol. The first kappa shape index (κ1) is 35.0. The zero-order valence-electron chi connectivity index (χ0n) is 27.8. The van der Waals surface area contributed by atoms with Crippen LogP contribution in [0.15, 0.2) is 60.9 Å². The lowest BCUT2D eigenvalue weighted by Crippen LogP contribution is -2.60. The Hall–Kier alpha value is -5.34. The number of rotatable bonds is 7. The van der Waals surface area contributed by atoms with E-state index < -0.39 is 47.3 Å². The van der Waals surface area contributed by atoms with E-state index in [2.05, 4.69) is 56.0 Å². The molecule has 0 unspecified atom stereocenters. The maximum Gasteiger partial charge on any atom is 0.246 e. The molecular weight excluding hydrogens is 630 g/mol. The molecule has 0 saturated heterocycles. The van der Waals surface area contributed by atoms with Crippen LogP contribution in [0.1, 0.15) is 51.2 Å². The zero-order chi connectivity index (χ0) is 35.0. The maximum atomic E-state index is 13.8. The first-order valence-electron chi connectivity index (χ1n) is 16.5. The molecule has 5 N–H and O–H groups in total. The molecule has 260 valence electrons. The van der Waals surface area contributed by atoms with Gasteiger partial charge in [0.05, 0.1) is 6.04 Å². The lowest BCUT2D eigenvalue weighted by molar-refractivity contribution is -0.135. The third-order valence-electron chi connectivity index (χ3n) is 8.47. The Morgan fingerprint density at radius 1 is 0.980 bits per heavy atom. The molecule has 2 aromatic carbocycles. The summed E-state index contributed by atoms with van der Waals surface area (Å²) in [7, 11) is 0. The van der Waals surface area contributed by atoms with Crippen molar-refractivity contribution in [3.05, 3.63) is 72.1 Å². The van der Waals surface area contributed by atoms with E-state index in [4.69, 9.17) is 4.74 Å². The van der Waals surface area contributed by atoms with Gasteiger partial charge in [0.15, 0.2) is 0 Å². The molecule has 3 heterocycles. The maximum absolute atomic E-state index is 13.8. The molecule has 2 bridgehead atoms.